The van der Waals surface area contributed by atoms with E-state index in [1.807, 2.05) is 12.1 Å². The second-order valence-corrected chi connectivity index (χ2v) is 21.1. The molecule has 2 aromatic carbocycles. The molecular weight excluding hydrogens is 705 g/mol. The number of carbonyl (C=O) groups is 2. The van der Waals surface area contributed by atoms with E-state index in [0.29, 0.717) is 37.4 Å². The van der Waals surface area contributed by atoms with Crippen LogP contribution in [0.15, 0.2) is 24.3 Å². The zero-order chi connectivity index (χ0) is 42.9. The van der Waals surface area contributed by atoms with Gasteiger partial charge in [0.05, 0.1) is 6.61 Å². The van der Waals surface area contributed by atoms with Gasteiger partial charge in [0.1, 0.15) is 11.5 Å². The Morgan fingerprint density at radius 1 is 0.474 bits per heavy atom. The summed E-state index contributed by atoms with van der Waals surface area (Å²) in [7, 11) is 0. The van der Waals surface area contributed by atoms with E-state index in [1.54, 1.807) is 0 Å². The Hall–Kier alpha value is -2.82. The topological polar surface area (TPSA) is 72.8 Å². The largest absolute Gasteiger partial charge is 0.507 e. The van der Waals surface area contributed by atoms with E-state index in [1.165, 1.54) is 89.9 Å². The summed E-state index contributed by atoms with van der Waals surface area (Å²) in [5.74, 6) is 0.541. The molecule has 0 bridgehead atoms. The quantitative estimate of drug-likeness (QED) is 0.0651. The van der Waals surface area contributed by atoms with Gasteiger partial charge in [0.15, 0.2) is 0 Å². The number of unbranched alkanes of at least 4 members (excludes halogenated alkanes) is 15. The predicted octanol–water partition coefficient (Wildman–Crippen LogP) is 14.9. The van der Waals surface area contributed by atoms with Gasteiger partial charge >= 0.3 is 11.9 Å². The Bertz CT molecular complexity index is 1430. The second kappa shape index (κ2) is 23.7. The first-order valence-corrected chi connectivity index (χ1v) is 23.0. The van der Waals surface area contributed by atoms with Crippen LogP contribution in [0, 0.1) is 0 Å². The molecule has 0 unspecified atom stereocenters. The summed E-state index contributed by atoms with van der Waals surface area (Å²) in [5, 5.41) is 11.2. The molecule has 2 rings (SSSR count). The molecule has 0 aliphatic heterocycles. The maximum atomic E-state index is 13.6. The summed E-state index contributed by atoms with van der Waals surface area (Å²) in [5.41, 5.74) is 4.72. The van der Waals surface area contributed by atoms with Gasteiger partial charge in [-0.15, -0.1) is 0 Å². The molecule has 0 spiro atoms. The van der Waals surface area contributed by atoms with E-state index in [0.717, 1.165) is 46.2 Å². The van der Waals surface area contributed by atoms with E-state index in [-0.39, 0.29) is 40.0 Å². The first-order valence-electron chi connectivity index (χ1n) is 23.0. The number of esters is 2. The molecule has 0 aromatic heterocycles. The van der Waals surface area contributed by atoms with Crippen molar-refractivity contribution in [3.63, 3.8) is 0 Å². The Balaban J connectivity index is 1.92. The normalized spacial score (nSPS) is 12.6. The third-order valence-corrected chi connectivity index (χ3v) is 11.3. The van der Waals surface area contributed by atoms with Crippen molar-refractivity contribution in [3.05, 3.63) is 57.6 Å². The van der Waals surface area contributed by atoms with Crippen LogP contribution in [0.2, 0.25) is 0 Å². The highest BCUT2D eigenvalue weighted by Crippen LogP contribution is 2.42. The number of ether oxygens (including phenoxy) is 2. The monoisotopic (exact) mass is 791 g/mol. The Morgan fingerprint density at radius 2 is 0.789 bits per heavy atom. The average Bonchev–Trinajstić information content (AvgIpc) is 3.09. The lowest BCUT2D eigenvalue weighted by atomic mass is 9.78. The van der Waals surface area contributed by atoms with Crippen LogP contribution >= 0.6 is 0 Å². The number of benzene rings is 2. The van der Waals surface area contributed by atoms with Crippen molar-refractivity contribution >= 4 is 11.9 Å². The van der Waals surface area contributed by atoms with Gasteiger partial charge in [0.25, 0.3) is 0 Å². The Kier molecular flexibility index (Phi) is 20.9. The highest BCUT2D eigenvalue weighted by Gasteiger charge is 2.30. The highest BCUT2D eigenvalue weighted by molar-refractivity contribution is 5.74. The molecule has 0 heterocycles. The van der Waals surface area contributed by atoms with Crippen molar-refractivity contribution in [2.24, 2.45) is 0 Å². The lowest BCUT2D eigenvalue weighted by Crippen LogP contribution is -2.23. The van der Waals surface area contributed by atoms with Crippen LogP contribution in [0.5, 0.6) is 11.5 Å². The first kappa shape index (κ1) is 50.3. The second-order valence-electron chi connectivity index (χ2n) is 21.1. The van der Waals surface area contributed by atoms with Gasteiger partial charge in [-0.2, -0.15) is 0 Å². The minimum atomic E-state index is -0.292. The number of phenols is 1. The maximum Gasteiger partial charge on any atom is 0.311 e. The third kappa shape index (κ3) is 18.8. The average molecular weight is 791 g/mol. The molecule has 0 aliphatic rings. The molecule has 1 N–H and O–H groups in total. The number of hydrogen-bond acceptors (Lipinski definition) is 5. The fourth-order valence-corrected chi connectivity index (χ4v) is 7.61. The fraction of sp³-hybridized carbons (Fsp3) is 0.731. The summed E-state index contributed by atoms with van der Waals surface area (Å²) in [6.07, 6.45) is 22.8. The van der Waals surface area contributed by atoms with Crippen molar-refractivity contribution in [3.8, 4) is 11.5 Å². The van der Waals surface area contributed by atoms with E-state index in [2.05, 4.69) is 102 Å². The van der Waals surface area contributed by atoms with Crippen molar-refractivity contribution in [1.29, 1.82) is 0 Å². The van der Waals surface area contributed by atoms with Gasteiger partial charge < -0.3 is 14.6 Å². The van der Waals surface area contributed by atoms with Gasteiger partial charge in [-0.05, 0) is 63.2 Å². The maximum absolute atomic E-state index is 13.6. The van der Waals surface area contributed by atoms with Crippen LogP contribution in [-0.4, -0.2) is 23.7 Å². The molecule has 0 fully saturated rings. The van der Waals surface area contributed by atoms with Crippen molar-refractivity contribution in [2.75, 3.05) is 6.61 Å². The molecule has 5 heteroatoms. The van der Waals surface area contributed by atoms with Crippen LogP contribution in [0.4, 0.5) is 0 Å². The Labute approximate surface area is 350 Å². The molecule has 2 aromatic rings. The van der Waals surface area contributed by atoms with Crippen LogP contribution in [0.1, 0.15) is 239 Å². The lowest BCUT2D eigenvalue weighted by Gasteiger charge is -2.30. The van der Waals surface area contributed by atoms with E-state index in [4.69, 9.17) is 9.47 Å². The fourth-order valence-electron chi connectivity index (χ4n) is 7.61. The molecular formula is C52H86O5. The molecule has 0 saturated heterocycles. The smallest absolute Gasteiger partial charge is 0.311 e. The summed E-state index contributed by atoms with van der Waals surface area (Å²) in [6, 6.07) is 8.32. The molecule has 5 nitrogen and oxygen atoms in total. The van der Waals surface area contributed by atoms with Crippen LogP contribution in [0.25, 0.3) is 0 Å². The number of aromatic hydroxyl groups is 1. The number of phenolic OH excluding ortho intramolecular Hbond substituents is 1. The molecule has 0 aliphatic carbocycles. The summed E-state index contributed by atoms with van der Waals surface area (Å²) in [4.78, 5) is 26.4. The molecule has 0 radical (unpaired) electrons. The van der Waals surface area contributed by atoms with Gasteiger partial charge in [-0.1, -0.05) is 211 Å². The minimum absolute atomic E-state index is 0.153. The SMILES string of the molecule is CCCCCCCCCCCCCCCCCCOC(=O)CCc1cc(C(C)(C)C)c(OC(=O)CCc2cc(C(C)(C)C)c(O)c(C(C)(C)C)c2)c(C(C)(C)C)c1. The van der Waals surface area contributed by atoms with E-state index in [9.17, 15) is 14.7 Å². The predicted molar refractivity (Wildman–Crippen MR) is 242 cm³/mol. The van der Waals surface area contributed by atoms with Crippen LogP contribution < -0.4 is 4.74 Å². The van der Waals surface area contributed by atoms with Gasteiger partial charge in [-0.25, -0.2) is 0 Å². The number of rotatable bonds is 24. The molecule has 0 saturated carbocycles. The van der Waals surface area contributed by atoms with Gasteiger partial charge in [-0.3, -0.25) is 9.59 Å². The van der Waals surface area contributed by atoms with Crippen LogP contribution in [-0.2, 0) is 48.8 Å². The van der Waals surface area contributed by atoms with Crippen LogP contribution in [0.3, 0.4) is 0 Å². The zero-order valence-electron chi connectivity index (χ0n) is 39.2. The summed E-state index contributed by atoms with van der Waals surface area (Å²) in [6.45, 7) is 28.2. The lowest BCUT2D eigenvalue weighted by molar-refractivity contribution is -0.143. The van der Waals surface area contributed by atoms with Crippen molar-refractivity contribution < 1.29 is 24.2 Å². The van der Waals surface area contributed by atoms with Crippen molar-refractivity contribution in [1.82, 2.24) is 0 Å². The van der Waals surface area contributed by atoms with E-state index < -0.39 is 0 Å². The first-order chi connectivity index (χ1) is 26.6. The molecule has 324 valence electrons. The van der Waals surface area contributed by atoms with E-state index >= 15 is 0 Å². The third-order valence-electron chi connectivity index (χ3n) is 11.3. The van der Waals surface area contributed by atoms with Crippen molar-refractivity contribution in [2.45, 2.75) is 240 Å². The summed E-state index contributed by atoms with van der Waals surface area (Å²) < 4.78 is 12.0. The van der Waals surface area contributed by atoms with Gasteiger partial charge in [0.2, 0.25) is 0 Å². The zero-order valence-corrected chi connectivity index (χ0v) is 39.2. The summed E-state index contributed by atoms with van der Waals surface area (Å²) >= 11 is 0. The number of carbonyl (C=O) groups excluding carboxylic acids is 2. The number of hydrogen-bond donors (Lipinski definition) is 1. The molecule has 0 amide bonds. The molecule has 0 atom stereocenters. The highest BCUT2D eigenvalue weighted by atomic mass is 16.5. The Morgan fingerprint density at radius 3 is 1.14 bits per heavy atom. The van der Waals surface area contributed by atoms with Gasteiger partial charge in [0, 0.05) is 24.0 Å². The standard InChI is InChI=1S/C52H86O5/c1-14-15-16-17-18-19-20-21-22-23-24-25-26-27-28-29-34-56-45(53)32-30-40-37-43(51(8,9)10)48(44(38-40)52(11,12)13)57-46(54)33-31-39-35-41(49(2,3)4)47(55)42(36-39)50(5,6)7/h35-38,55H,14-34H2,1-13H3. The minimum Gasteiger partial charge on any atom is -0.507 e. The molecule has 57 heavy (non-hydrogen) atoms. The number of aryl methyl sites for hydroxylation is 2.